The van der Waals surface area contributed by atoms with Crippen LogP contribution in [0.15, 0.2) is 54.6 Å². The van der Waals surface area contributed by atoms with Crippen molar-refractivity contribution in [2.45, 2.75) is 31.9 Å². The second-order valence-corrected chi connectivity index (χ2v) is 7.42. The lowest BCUT2D eigenvalue weighted by atomic mass is 9.86. The maximum atomic E-state index is 13.1. The number of anilines is 1. The summed E-state index contributed by atoms with van der Waals surface area (Å²) >= 11 is 0. The fraction of sp³-hybridized carbons (Fsp3) is 0.409. The van der Waals surface area contributed by atoms with Crippen molar-refractivity contribution < 1.29 is 9.53 Å². The number of ether oxygens (including phenoxy) is 1. The molecule has 3 fully saturated rings. The first kappa shape index (κ1) is 17.1. The van der Waals surface area contributed by atoms with Gasteiger partial charge in [0.15, 0.2) is 6.04 Å². The standard InChI is InChI=1S/C22H26N2O2/c1-16-7-5-6-10-19(16)23-21(18-8-3-2-4-9-18)22(25)26-20-15-24-13-11-17(20)12-14-24/h2-10,17,20-21,23H,11-15H2,1H3. The molecule has 1 N–H and O–H groups in total. The van der Waals surface area contributed by atoms with E-state index in [1.807, 2.05) is 61.5 Å². The predicted octanol–water partition coefficient (Wildman–Crippen LogP) is 3.79. The van der Waals surface area contributed by atoms with Crippen LogP contribution in [0.3, 0.4) is 0 Å². The van der Waals surface area contributed by atoms with Crippen molar-refractivity contribution in [2.75, 3.05) is 25.0 Å². The van der Waals surface area contributed by atoms with Crippen LogP contribution < -0.4 is 5.32 Å². The van der Waals surface area contributed by atoms with E-state index in [9.17, 15) is 4.79 Å². The van der Waals surface area contributed by atoms with Crippen LogP contribution in [0.5, 0.6) is 0 Å². The summed E-state index contributed by atoms with van der Waals surface area (Å²) in [7, 11) is 0. The number of carbonyl (C=O) groups excluding carboxylic acids is 1. The molecule has 2 aromatic carbocycles. The number of piperidine rings is 3. The number of hydrogen-bond acceptors (Lipinski definition) is 4. The first-order valence-electron chi connectivity index (χ1n) is 9.50. The Bertz CT molecular complexity index is 754. The molecule has 0 saturated carbocycles. The molecule has 0 aliphatic carbocycles. The van der Waals surface area contributed by atoms with Gasteiger partial charge in [0.1, 0.15) is 6.10 Å². The fourth-order valence-corrected chi connectivity index (χ4v) is 4.08. The third-order valence-corrected chi connectivity index (χ3v) is 5.68. The van der Waals surface area contributed by atoms with Crippen LogP contribution in [0.4, 0.5) is 5.69 Å². The van der Waals surface area contributed by atoms with E-state index in [1.165, 1.54) is 0 Å². The molecular weight excluding hydrogens is 324 g/mol. The van der Waals surface area contributed by atoms with Crippen molar-refractivity contribution in [3.8, 4) is 0 Å². The third-order valence-electron chi connectivity index (χ3n) is 5.68. The maximum Gasteiger partial charge on any atom is 0.333 e. The Morgan fingerprint density at radius 2 is 1.77 bits per heavy atom. The molecule has 4 nitrogen and oxygen atoms in total. The molecule has 2 unspecified atom stereocenters. The number of esters is 1. The SMILES string of the molecule is Cc1ccccc1NC(C(=O)OC1CN2CCC1CC2)c1ccccc1. The highest BCUT2D eigenvalue weighted by molar-refractivity contribution is 5.81. The second-order valence-electron chi connectivity index (χ2n) is 7.42. The van der Waals surface area contributed by atoms with Crippen LogP contribution in [0, 0.1) is 12.8 Å². The number of benzene rings is 2. The van der Waals surface area contributed by atoms with Gasteiger partial charge in [-0.2, -0.15) is 0 Å². The van der Waals surface area contributed by atoms with Crippen LogP contribution in [-0.4, -0.2) is 36.6 Å². The summed E-state index contributed by atoms with van der Waals surface area (Å²) in [6.45, 7) is 5.20. The summed E-state index contributed by atoms with van der Waals surface area (Å²) in [5.74, 6) is 0.331. The van der Waals surface area contributed by atoms with Crippen LogP contribution >= 0.6 is 0 Å². The van der Waals surface area contributed by atoms with Crippen LogP contribution in [-0.2, 0) is 9.53 Å². The number of nitrogens with zero attached hydrogens (tertiary/aromatic N) is 1. The Balaban J connectivity index is 1.54. The van der Waals surface area contributed by atoms with Gasteiger partial charge in [-0.25, -0.2) is 4.79 Å². The van der Waals surface area contributed by atoms with E-state index in [-0.39, 0.29) is 12.1 Å². The van der Waals surface area contributed by atoms with Crippen molar-refractivity contribution in [3.63, 3.8) is 0 Å². The summed E-state index contributed by atoms with van der Waals surface area (Å²) in [5.41, 5.74) is 3.01. The zero-order valence-electron chi connectivity index (χ0n) is 15.2. The lowest BCUT2D eigenvalue weighted by Gasteiger charge is -2.44. The first-order chi connectivity index (χ1) is 12.7. The molecule has 0 spiro atoms. The Hall–Kier alpha value is -2.33. The molecule has 0 aromatic heterocycles. The summed E-state index contributed by atoms with van der Waals surface area (Å²) in [5, 5.41) is 3.41. The van der Waals surface area contributed by atoms with Crippen molar-refractivity contribution in [3.05, 3.63) is 65.7 Å². The monoisotopic (exact) mass is 350 g/mol. The smallest absolute Gasteiger partial charge is 0.333 e. The summed E-state index contributed by atoms with van der Waals surface area (Å²) in [6, 6.07) is 17.4. The Morgan fingerprint density at radius 1 is 1.08 bits per heavy atom. The molecule has 3 heterocycles. The second kappa shape index (κ2) is 7.50. The summed E-state index contributed by atoms with van der Waals surface area (Å²) < 4.78 is 6.01. The van der Waals surface area contributed by atoms with Crippen LogP contribution in [0.1, 0.15) is 30.0 Å². The lowest BCUT2D eigenvalue weighted by molar-refractivity contribution is -0.159. The van der Waals surface area contributed by atoms with E-state index in [1.54, 1.807) is 0 Å². The number of para-hydroxylation sites is 1. The van der Waals surface area contributed by atoms with E-state index in [2.05, 4.69) is 10.2 Å². The van der Waals surface area contributed by atoms with E-state index in [0.717, 1.165) is 49.3 Å². The number of aryl methyl sites for hydroxylation is 1. The molecular formula is C22H26N2O2. The zero-order chi connectivity index (χ0) is 17.9. The van der Waals surface area contributed by atoms with E-state index in [0.29, 0.717) is 5.92 Å². The highest BCUT2D eigenvalue weighted by Crippen LogP contribution is 2.31. The Morgan fingerprint density at radius 3 is 2.42 bits per heavy atom. The van der Waals surface area contributed by atoms with Gasteiger partial charge in [-0.15, -0.1) is 0 Å². The number of hydrogen-bond donors (Lipinski definition) is 1. The number of nitrogens with one attached hydrogen (secondary N) is 1. The molecule has 2 bridgehead atoms. The highest BCUT2D eigenvalue weighted by Gasteiger charge is 2.37. The first-order valence-corrected chi connectivity index (χ1v) is 9.50. The molecule has 5 rings (SSSR count). The van der Waals surface area contributed by atoms with E-state index in [4.69, 9.17) is 4.74 Å². The van der Waals surface area contributed by atoms with Crippen molar-refractivity contribution in [1.82, 2.24) is 4.90 Å². The van der Waals surface area contributed by atoms with Crippen LogP contribution in [0.25, 0.3) is 0 Å². The van der Waals surface area contributed by atoms with Gasteiger partial charge >= 0.3 is 5.97 Å². The molecule has 2 atom stereocenters. The molecule has 3 saturated heterocycles. The minimum atomic E-state index is -0.493. The molecule has 0 amide bonds. The normalized spacial score (nSPS) is 25.5. The topological polar surface area (TPSA) is 41.6 Å². The third kappa shape index (κ3) is 3.61. The van der Waals surface area contributed by atoms with Gasteiger partial charge in [-0.05, 0) is 56.0 Å². The van der Waals surface area contributed by atoms with Gasteiger partial charge in [0, 0.05) is 12.2 Å². The van der Waals surface area contributed by atoms with E-state index < -0.39 is 6.04 Å². The largest absolute Gasteiger partial charge is 0.459 e. The van der Waals surface area contributed by atoms with Gasteiger partial charge in [-0.1, -0.05) is 48.5 Å². The van der Waals surface area contributed by atoms with Gasteiger partial charge in [-0.3, -0.25) is 4.90 Å². The predicted molar refractivity (Wildman–Crippen MR) is 103 cm³/mol. The van der Waals surface area contributed by atoms with Gasteiger partial charge in [0.2, 0.25) is 0 Å². The highest BCUT2D eigenvalue weighted by atomic mass is 16.5. The van der Waals surface area contributed by atoms with Crippen molar-refractivity contribution >= 4 is 11.7 Å². The van der Waals surface area contributed by atoms with Crippen molar-refractivity contribution in [2.24, 2.45) is 5.92 Å². The minimum Gasteiger partial charge on any atom is -0.459 e. The maximum absolute atomic E-state index is 13.1. The molecule has 0 radical (unpaired) electrons. The molecule has 3 aliphatic rings. The molecule has 26 heavy (non-hydrogen) atoms. The van der Waals surface area contributed by atoms with Crippen LogP contribution in [0.2, 0.25) is 0 Å². The minimum absolute atomic E-state index is 0.0230. The number of carbonyl (C=O) groups is 1. The van der Waals surface area contributed by atoms with Gasteiger partial charge in [0.05, 0.1) is 0 Å². The number of fused-ring (bicyclic) bond motifs is 3. The molecule has 2 aromatic rings. The Kier molecular flexibility index (Phi) is 4.93. The summed E-state index contributed by atoms with van der Waals surface area (Å²) in [6.07, 6.45) is 2.30. The molecule has 3 aliphatic heterocycles. The zero-order valence-corrected chi connectivity index (χ0v) is 15.2. The fourth-order valence-electron chi connectivity index (χ4n) is 4.08. The van der Waals surface area contributed by atoms with E-state index >= 15 is 0 Å². The van der Waals surface area contributed by atoms with Crippen molar-refractivity contribution in [1.29, 1.82) is 0 Å². The van der Waals surface area contributed by atoms with Gasteiger partial charge < -0.3 is 10.1 Å². The average Bonchev–Trinajstić information content (AvgIpc) is 2.69. The quantitative estimate of drug-likeness (QED) is 0.833. The van der Waals surface area contributed by atoms with Gasteiger partial charge in [0.25, 0.3) is 0 Å². The average molecular weight is 350 g/mol. The molecule has 136 valence electrons. The molecule has 4 heteroatoms. The number of rotatable bonds is 5. The Labute approximate surface area is 155 Å². The lowest BCUT2D eigenvalue weighted by Crippen LogP contribution is -2.52. The summed E-state index contributed by atoms with van der Waals surface area (Å²) in [4.78, 5) is 15.5.